The molecule has 0 saturated heterocycles. The molecule has 2 rings (SSSR count). The summed E-state index contributed by atoms with van der Waals surface area (Å²) in [5, 5.41) is 0.487. The van der Waals surface area contributed by atoms with Gasteiger partial charge < -0.3 is 0 Å². The van der Waals surface area contributed by atoms with Crippen molar-refractivity contribution in [2.45, 2.75) is 6.18 Å². The van der Waals surface area contributed by atoms with E-state index in [1.165, 1.54) is 30.3 Å². The summed E-state index contributed by atoms with van der Waals surface area (Å²) in [6.07, 6.45) is -4.50. The van der Waals surface area contributed by atoms with Crippen molar-refractivity contribution in [3.63, 3.8) is 0 Å². The van der Waals surface area contributed by atoms with Gasteiger partial charge in [0.2, 0.25) is 0 Å². The van der Waals surface area contributed by atoms with Crippen LogP contribution in [0.3, 0.4) is 0 Å². The maximum atomic E-state index is 12.6. The van der Waals surface area contributed by atoms with Crippen LogP contribution in [0.2, 0.25) is 10.0 Å². The fourth-order valence-corrected chi connectivity index (χ4v) is 2.21. The molecule has 0 unspecified atom stereocenters. The Morgan fingerprint density at radius 2 is 1.50 bits per heavy atom. The van der Waals surface area contributed by atoms with Gasteiger partial charge in [-0.05, 0) is 30.3 Å². The van der Waals surface area contributed by atoms with Crippen molar-refractivity contribution in [3.8, 4) is 0 Å². The molecule has 20 heavy (non-hydrogen) atoms. The van der Waals surface area contributed by atoms with Crippen molar-refractivity contribution in [2.24, 2.45) is 0 Å². The second-order valence-electron chi connectivity index (χ2n) is 4.07. The van der Waals surface area contributed by atoms with Crippen LogP contribution < -0.4 is 0 Å². The number of hydrogen-bond donors (Lipinski definition) is 0. The van der Waals surface area contributed by atoms with Crippen molar-refractivity contribution in [2.75, 3.05) is 0 Å². The minimum Gasteiger partial charge on any atom is -0.289 e. The SMILES string of the molecule is O=C(c1cc(Cl)cc(Cl)c1)c1cccc(C(F)(F)F)c1. The second kappa shape index (κ2) is 5.46. The van der Waals surface area contributed by atoms with Gasteiger partial charge in [0.05, 0.1) is 5.56 Å². The zero-order chi connectivity index (χ0) is 14.9. The molecule has 2 aromatic carbocycles. The molecule has 1 nitrogen and oxygen atoms in total. The van der Waals surface area contributed by atoms with E-state index in [1.54, 1.807) is 0 Å². The first kappa shape index (κ1) is 14.9. The predicted octanol–water partition coefficient (Wildman–Crippen LogP) is 5.24. The molecule has 0 fully saturated rings. The number of carbonyl (C=O) groups is 1. The topological polar surface area (TPSA) is 17.1 Å². The van der Waals surface area contributed by atoms with Gasteiger partial charge >= 0.3 is 6.18 Å². The molecule has 2 aromatic rings. The maximum absolute atomic E-state index is 12.6. The van der Waals surface area contributed by atoms with Crippen molar-refractivity contribution in [1.29, 1.82) is 0 Å². The summed E-state index contributed by atoms with van der Waals surface area (Å²) >= 11 is 11.5. The van der Waals surface area contributed by atoms with Gasteiger partial charge in [-0.15, -0.1) is 0 Å². The normalized spacial score (nSPS) is 11.4. The molecular formula is C14H7Cl2F3O. The van der Waals surface area contributed by atoms with Gasteiger partial charge in [0.15, 0.2) is 5.78 Å². The highest BCUT2D eigenvalue weighted by Gasteiger charge is 2.31. The average Bonchev–Trinajstić information content (AvgIpc) is 2.36. The van der Waals surface area contributed by atoms with E-state index in [0.29, 0.717) is 0 Å². The summed E-state index contributed by atoms with van der Waals surface area (Å²) in [7, 11) is 0. The Bertz CT molecular complexity index is 645. The van der Waals surface area contributed by atoms with Gasteiger partial charge in [-0.25, -0.2) is 0 Å². The van der Waals surface area contributed by atoms with Crippen molar-refractivity contribution in [3.05, 3.63) is 69.2 Å². The lowest BCUT2D eigenvalue weighted by Crippen LogP contribution is -2.08. The molecule has 0 saturated carbocycles. The van der Waals surface area contributed by atoms with Gasteiger partial charge in [-0.3, -0.25) is 4.79 Å². The zero-order valence-corrected chi connectivity index (χ0v) is 11.4. The van der Waals surface area contributed by atoms with Crippen LogP contribution in [0, 0.1) is 0 Å². The van der Waals surface area contributed by atoms with E-state index in [9.17, 15) is 18.0 Å². The molecule has 0 aliphatic carbocycles. The summed E-state index contributed by atoms with van der Waals surface area (Å²) < 4.78 is 37.8. The summed E-state index contributed by atoms with van der Waals surface area (Å²) in [6.45, 7) is 0. The van der Waals surface area contributed by atoms with Crippen molar-refractivity contribution in [1.82, 2.24) is 0 Å². The minimum atomic E-state index is -4.50. The fourth-order valence-electron chi connectivity index (χ4n) is 1.69. The van der Waals surface area contributed by atoms with Crippen LogP contribution >= 0.6 is 23.2 Å². The Morgan fingerprint density at radius 3 is 2.05 bits per heavy atom. The summed E-state index contributed by atoms with van der Waals surface area (Å²) in [5.74, 6) is -0.569. The smallest absolute Gasteiger partial charge is 0.289 e. The average molecular weight is 319 g/mol. The van der Waals surface area contributed by atoms with E-state index in [2.05, 4.69) is 0 Å². The fraction of sp³-hybridized carbons (Fsp3) is 0.0714. The van der Waals surface area contributed by atoms with Crippen molar-refractivity contribution >= 4 is 29.0 Å². The molecule has 0 aliphatic heterocycles. The third-order valence-electron chi connectivity index (χ3n) is 2.58. The highest BCUT2D eigenvalue weighted by Crippen LogP contribution is 2.30. The monoisotopic (exact) mass is 318 g/mol. The van der Waals surface area contributed by atoms with E-state index >= 15 is 0 Å². The first-order valence-electron chi connectivity index (χ1n) is 5.45. The molecule has 0 aromatic heterocycles. The highest BCUT2D eigenvalue weighted by atomic mass is 35.5. The predicted molar refractivity (Wildman–Crippen MR) is 71.3 cm³/mol. The van der Waals surface area contributed by atoms with Crippen LogP contribution in [0.1, 0.15) is 21.5 Å². The minimum absolute atomic E-state index is 0.0711. The summed E-state index contributed by atoms with van der Waals surface area (Å²) in [5.41, 5.74) is -0.809. The molecule has 0 aliphatic rings. The van der Waals surface area contributed by atoms with Gasteiger partial charge in [-0.1, -0.05) is 35.3 Å². The van der Waals surface area contributed by atoms with E-state index in [0.717, 1.165) is 12.1 Å². The number of ketones is 1. The second-order valence-corrected chi connectivity index (χ2v) is 4.94. The van der Waals surface area contributed by atoms with Crippen LogP contribution in [0.15, 0.2) is 42.5 Å². The van der Waals surface area contributed by atoms with Gasteiger partial charge in [-0.2, -0.15) is 13.2 Å². The van der Waals surface area contributed by atoms with Crippen LogP contribution in [0.5, 0.6) is 0 Å². The number of carbonyl (C=O) groups excluding carboxylic acids is 1. The molecule has 0 bridgehead atoms. The van der Waals surface area contributed by atoms with Crippen LogP contribution in [-0.2, 0) is 6.18 Å². The molecule has 0 amide bonds. The van der Waals surface area contributed by atoms with Crippen LogP contribution in [0.25, 0.3) is 0 Å². The number of halogens is 5. The molecule has 0 spiro atoms. The first-order chi connectivity index (χ1) is 9.27. The molecule has 6 heteroatoms. The molecule has 0 heterocycles. The van der Waals surface area contributed by atoms with E-state index in [1.807, 2.05) is 0 Å². The van der Waals surface area contributed by atoms with E-state index in [-0.39, 0.29) is 21.2 Å². The Labute approximate surface area is 122 Å². The Morgan fingerprint density at radius 1 is 0.900 bits per heavy atom. The molecule has 0 N–H and O–H groups in total. The lowest BCUT2D eigenvalue weighted by molar-refractivity contribution is -0.137. The quantitative estimate of drug-likeness (QED) is 0.692. The molecule has 0 atom stereocenters. The van der Waals surface area contributed by atoms with Crippen LogP contribution in [-0.4, -0.2) is 5.78 Å². The standard InChI is InChI=1S/C14H7Cl2F3O/c15-11-5-9(6-12(16)7-11)13(20)8-2-1-3-10(4-8)14(17,18)19/h1-7H. The Kier molecular flexibility index (Phi) is 4.06. The van der Waals surface area contributed by atoms with Crippen LogP contribution in [0.4, 0.5) is 13.2 Å². The number of rotatable bonds is 2. The summed E-state index contributed by atoms with van der Waals surface area (Å²) in [4.78, 5) is 12.1. The van der Waals surface area contributed by atoms with E-state index < -0.39 is 17.5 Å². The maximum Gasteiger partial charge on any atom is 0.416 e. The van der Waals surface area contributed by atoms with Crippen molar-refractivity contribution < 1.29 is 18.0 Å². The Balaban J connectivity index is 2.43. The third kappa shape index (κ3) is 3.32. The third-order valence-corrected chi connectivity index (χ3v) is 3.01. The molecule has 0 radical (unpaired) electrons. The summed E-state index contributed by atoms with van der Waals surface area (Å²) in [6, 6.07) is 8.35. The molecular weight excluding hydrogens is 312 g/mol. The number of alkyl halides is 3. The Hall–Kier alpha value is -1.52. The number of hydrogen-bond acceptors (Lipinski definition) is 1. The van der Waals surface area contributed by atoms with Gasteiger partial charge in [0.1, 0.15) is 0 Å². The zero-order valence-electron chi connectivity index (χ0n) is 9.84. The highest BCUT2D eigenvalue weighted by molar-refractivity contribution is 6.35. The first-order valence-corrected chi connectivity index (χ1v) is 6.21. The van der Waals surface area contributed by atoms with Gasteiger partial charge in [0.25, 0.3) is 0 Å². The molecule has 104 valence electrons. The largest absolute Gasteiger partial charge is 0.416 e. The van der Waals surface area contributed by atoms with E-state index in [4.69, 9.17) is 23.2 Å². The lowest BCUT2D eigenvalue weighted by Gasteiger charge is -2.08. The number of benzene rings is 2. The van der Waals surface area contributed by atoms with Gasteiger partial charge in [0, 0.05) is 21.2 Å². The lowest BCUT2D eigenvalue weighted by atomic mass is 10.0.